The number of nitrogens with one attached hydrogen (secondary N) is 1. The highest BCUT2D eigenvalue weighted by molar-refractivity contribution is 5.79. The van der Waals surface area contributed by atoms with Crippen LogP contribution in [0.3, 0.4) is 0 Å². The first-order valence-electron chi connectivity index (χ1n) is 6.21. The van der Waals surface area contributed by atoms with Crippen molar-refractivity contribution in [1.82, 2.24) is 10.2 Å². The zero-order valence-corrected chi connectivity index (χ0v) is 10.2. The van der Waals surface area contributed by atoms with Crippen molar-refractivity contribution in [3.63, 3.8) is 0 Å². The summed E-state index contributed by atoms with van der Waals surface area (Å²) in [5.41, 5.74) is 2.79. The van der Waals surface area contributed by atoms with Gasteiger partial charge in [0.2, 0.25) is 5.91 Å². The van der Waals surface area contributed by atoms with Gasteiger partial charge < -0.3 is 10.2 Å². The first kappa shape index (κ1) is 10.8. The SMILES string of the molecule is Cc1ccc(CC(=O)N2CC3(CNC3)C2)cc1. The predicted octanol–water partition coefficient (Wildman–Crippen LogP) is 0.969. The molecule has 0 atom stereocenters. The van der Waals surface area contributed by atoms with Crippen LogP contribution in [0.15, 0.2) is 24.3 Å². The standard InChI is InChI=1S/C14H18N2O/c1-11-2-4-12(5-3-11)6-13(17)16-9-14(10-16)7-15-8-14/h2-5,15H,6-10H2,1H3. The van der Waals surface area contributed by atoms with Gasteiger partial charge in [-0.15, -0.1) is 0 Å². The maximum Gasteiger partial charge on any atom is 0.227 e. The topological polar surface area (TPSA) is 32.3 Å². The van der Waals surface area contributed by atoms with Crippen molar-refractivity contribution in [2.24, 2.45) is 5.41 Å². The molecule has 0 aromatic heterocycles. The van der Waals surface area contributed by atoms with Crippen molar-refractivity contribution in [1.29, 1.82) is 0 Å². The lowest BCUT2D eigenvalue weighted by Crippen LogP contribution is -2.72. The summed E-state index contributed by atoms with van der Waals surface area (Å²) in [6, 6.07) is 8.23. The van der Waals surface area contributed by atoms with Gasteiger partial charge in [0.25, 0.3) is 0 Å². The Morgan fingerprint density at radius 1 is 1.29 bits per heavy atom. The maximum absolute atomic E-state index is 12.0. The van der Waals surface area contributed by atoms with Gasteiger partial charge in [0, 0.05) is 31.6 Å². The summed E-state index contributed by atoms with van der Waals surface area (Å²) in [7, 11) is 0. The van der Waals surface area contributed by atoms with Crippen LogP contribution >= 0.6 is 0 Å². The van der Waals surface area contributed by atoms with Gasteiger partial charge in [-0.25, -0.2) is 0 Å². The Morgan fingerprint density at radius 2 is 1.94 bits per heavy atom. The summed E-state index contributed by atoms with van der Waals surface area (Å²) in [6.45, 7) is 6.13. The van der Waals surface area contributed by atoms with Crippen LogP contribution in [-0.2, 0) is 11.2 Å². The van der Waals surface area contributed by atoms with Gasteiger partial charge >= 0.3 is 0 Å². The first-order chi connectivity index (χ1) is 8.17. The van der Waals surface area contributed by atoms with Crippen molar-refractivity contribution >= 4 is 5.91 Å². The van der Waals surface area contributed by atoms with Gasteiger partial charge in [-0.3, -0.25) is 4.79 Å². The van der Waals surface area contributed by atoms with E-state index in [-0.39, 0.29) is 5.91 Å². The quantitative estimate of drug-likeness (QED) is 0.821. The zero-order valence-electron chi connectivity index (χ0n) is 10.2. The fourth-order valence-electron chi connectivity index (χ4n) is 2.63. The number of carbonyl (C=O) groups excluding carboxylic acids is 1. The molecular weight excluding hydrogens is 212 g/mol. The smallest absolute Gasteiger partial charge is 0.227 e. The second kappa shape index (κ2) is 3.84. The number of hydrogen-bond acceptors (Lipinski definition) is 2. The molecule has 3 rings (SSSR count). The van der Waals surface area contributed by atoms with Crippen molar-refractivity contribution in [2.75, 3.05) is 26.2 Å². The van der Waals surface area contributed by atoms with E-state index in [4.69, 9.17) is 0 Å². The number of carbonyl (C=O) groups is 1. The Bertz CT molecular complexity index is 426. The number of amides is 1. The number of aryl methyl sites for hydroxylation is 1. The minimum Gasteiger partial charge on any atom is -0.341 e. The van der Waals surface area contributed by atoms with Crippen LogP contribution in [0.4, 0.5) is 0 Å². The van der Waals surface area contributed by atoms with E-state index in [2.05, 4.69) is 24.4 Å². The normalized spacial score (nSPS) is 20.9. The number of benzene rings is 1. The number of rotatable bonds is 2. The van der Waals surface area contributed by atoms with Crippen LogP contribution < -0.4 is 5.32 Å². The average molecular weight is 230 g/mol. The summed E-state index contributed by atoms with van der Waals surface area (Å²) in [4.78, 5) is 14.0. The fraction of sp³-hybridized carbons (Fsp3) is 0.500. The molecule has 3 heteroatoms. The van der Waals surface area contributed by atoms with Crippen LogP contribution in [0.5, 0.6) is 0 Å². The zero-order chi connectivity index (χ0) is 11.9. The Labute approximate surface area is 102 Å². The highest BCUT2D eigenvalue weighted by Gasteiger charge is 2.48. The lowest BCUT2D eigenvalue weighted by Gasteiger charge is -2.56. The molecule has 0 unspecified atom stereocenters. The van der Waals surface area contributed by atoms with E-state index in [1.54, 1.807) is 0 Å². The lowest BCUT2D eigenvalue weighted by molar-refractivity contribution is -0.146. The Hall–Kier alpha value is -1.35. The Kier molecular flexibility index (Phi) is 2.44. The summed E-state index contributed by atoms with van der Waals surface area (Å²) in [5, 5.41) is 3.28. The van der Waals surface area contributed by atoms with E-state index in [0.717, 1.165) is 31.7 Å². The van der Waals surface area contributed by atoms with Crippen molar-refractivity contribution < 1.29 is 4.79 Å². The van der Waals surface area contributed by atoms with Gasteiger partial charge in [-0.05, 0) is 12.5 Å². The molecule has 1 N–H and O–H groups in total. The Balaban J connectivity index is 1.55. The summed E-state index contributed by atoms with van der Waals surface area (Å²) in [5.74, 6) is 0.270. The number of likely N-dealkylation sites (tertiary alicyclic amines) is 1. The maximum atomic E-state index is 12.0. The second-order valence-corrected chi connectivity index (χ2v) is 5.52. The minimum atomic E-state index is 0.270. The van der Waals surface area contributed by atoms with E-state index in [0.29, 0.717) is 11.8 Å². The molecule has 2 aliphatic rings. The summed E-state index contributed by atoms with van der Waals surface area (Å²) < 4.78 is 0. The molecule has 0 aliphatic carbocycles. The van der Waals surface area contributed by atoms with Gasteiger partial charge in [0.05, 0.1) is 6.42 Å². The van der Waals surface area contributed by atoms with Crippen LogP contribution in [-0.4, -0.2) is 37.0 Å². The van der Waals surface area contributed by atoms with Crippen LogP contribution in [0, 0.1) is 12.3 Å². The molecule has 17 heavy (non-hydrogen) atoms. The molecule has 1 amide bonds. The summed E-state index contributed by atoms with van der Waals surface area (Å²) >= 11 is 0. The van der Waals surface area contributed by atoms with E-state index in [9.17, 15) is 4.79 Å². The third-order valence-electron chi connectivity index (χ3n) is 3.88. The molecule has 0 saturated carbocycles. The van der Waals surface area contributed by atoms with E-state index < -0.39 is 0 Å². The van der Waals surface area contributed by atoms with E-state index in [1.807, 2.05) is 17.0 Å². The molecule has 1 aromatic rings. The molecule has 3 nitrogen and oxygen atoms in total. The monoisotopic (exact) mass is 230 g/mol. The van der Waals surface area contributed by atoms with Crippen LogP contribution in [0.2, 0.25) is 0 Å². The number of nitrogens with zero attached hydrogens (tertiary/aromatic N) is 1. The second-order valence-electron chi connectivity index (χ2n) is 5.52. The molecule has 0 bridgehead atoms. The molecule has 1 aromatic carbocycles. The molecule has 2 heterocycles. The third kappa shape index (κ3) is 1.95. The number of hydrogen-bond donors (Lipinski definition) is 1. The van der Waals surface area contributed by atoms with Crippen molar-refractivity contribution in [3.8, 4) is 0 Å². The highest BCUT2D eigenvalue weighted by Crippen LogP contribution is 2.34. The van der Waals surface area contributed by atoms with Gasteiger partial charge in [-0.1, -0.05) is 29.8 Å². The van der Waals surface area contributed by atoms with Crippen LogP contribution in [0.25, 0.3) is 0 Å². The molecule has 2 fully saturated rings. The molecule has 1 spiro atoms. The van der Waals surface area contributed by atoms with E-state index >= 15 is 0 Å². The summed E-state index contributed by atoms with van der Waals surface area (Å²) in [6.07, 6.45) is 0.545. The van der Waals surface area contributed by atoms with Crippen molar-refractivity contribution in [3.05, 3.63) is 35.4 Å². The third-order valence-corrected chi connectivity index (χ3v) is 3.88. The predicted molar refractivity (Wildman–Crippen MR) is 66.8 cm³/mol. The fourth-order valence-corrected chi connectivity index (χ4v) is 2.63. The minimum absolute atomic E-state index is 0.270. The van der Waals surface area contributed by atoms with Gasteiger partial charge in [0.1, 0.15) is 0 Å². The molecule has 2 aliphatic heterocycles. The molecule has 2 saturated heterocycles. The highest BCUT2D eigenvalue weighted by atomic mass is 16.2. The van der Waals surface area contributed by atoms with Gasteiger partial charge in [-0.2, -0.15) is 0 Å². The van der Waals surface area contributed by atoms with Crippen LogP contribution in [0.1, 0.15) is 11.1 Å². The molecule has 0 radical (unpaired) electrons. The molecule has 90 valence electrons. The van der Waals surface area contributed by atoms with E-state index in [1.165, 1.54) is 5.56 Å². The first-order valence-corrected chi connectivity index (χ1v) is 6.21. The van der Waals surface area contributed by atoms with Gasteiger partial charge in [0.15, 0.2) is 0 Å². The lowest BCUT2D eigenvalue weighted by atomic mass is 9.74. The molecular formula is C14H18N2O. The largest absolute Gasteiger partial charge is 0.341 e. The van der Waals surface area contributed by atoms with Crippen molar-refractivity contribution in [2.45, 2.75) is 13.3 Å². The Morgan fingerprint density at radius 3 is 2.47 bits per heavy atom. The average Bonchev–Trinajstić information content (AvgIpc) is 2.17.